The number of aromatic nitrogens is 2. The van der Waals surface area contributed by atoms with Gasteiger partial charge < -0.3 is 9.40 Å². The number of benzene rings is 2. The van der Waals surface area contributed by atoms with E-state index in [-0.39, 0.29) is 5.56 Å². The highest BCUT2D eigenvalue weighted by molar-refractivity contribution is 6.30. The lowest BCUT2D eigenvalue weighted by Crippen LogP contribution is -2.05. The number of nitrogens with one attached hydrogen (secondary N) is 1. The highest BCUT2D eigenvalue weighted by Gasteiger charge is 2.20. The Kier molecular flexibility index (Phi) is 3.24. The standard InChI is InChI=1S/C18H11ClN2O2/c19-13-8-6-11(7-9-13)14-15-17(22)20-10-21-18(15)23-16(14)12-4-2-1-3-5-12/h1-10H,(H,20,21,22). The van der Waals surface area contributed by atoms with Crippen LogP contribution < -0.4 is 5.56 Å². The van der Waals surface area contributed by atoms with Gasteiger partial charge in [0.2, 0.25) is 5.71 Å². The van der Waals surface area contributed by atoms with Crippen LogP contribution in [0.3, 0.4) is 0 Å². The van der Waals surface area contributed by atoms with Crippen molar-refractivity contribution in [3.8, 4) is 22.5 Å². The van der Waals surface area contributed by atoms with Crippen LogP contribution in [0.25, 0.3) is 33.6 Å². The molecule has 0 bridgehead atoms. The van der Waals surface area contributed by atoms with E-state index < -0.39 is 0 Å². The van der Waals surface area contributed by atoms with E-state index in [4.69, 9.17) is 16.0 Å². The summed E-state index contributed by atoms with van der Waals surface area (Å²) in [5.74, 6) is 0.618. The van der Waals surface area contributed by atoms with Crippen LogP contribution in [0.1, 0.15) is 0 Å². The van der Waals surface area contributed by atoms with Gasteiger partial charge in [0.1, 0.15) is 11.1 Å². The summed E-state index contributed by atoms with van der Waals surface area (Å²) in [7, 11) is 0. The van der Waals surface area contributed by atoms with Gasteiger partial charge >= 0.3 is 0 Å². The van der Waals surface area contributed by atoms with Gasteiger partial charge in [0.05, 0.1) is 6.33 Å². The van der Waals surface area contributed by atoms with Gasteiger partial charge in [-0.1, -0.05) is 54.1 Å². The van der Waals surface area contributed by atoms with Crippen molar-refractivity contribution in [1.82, 2.24) is 9.97 Å². The van der Waals surface area contributed by atoms with Crippen molar-refractivity contribution in [1.29, 1.82) is 0 Å². The Morgan fingerprint density at radius 3 is 2.43 bits per heavy atom. The fourth-order valence-electron chi connectivity index (χ4n) is 2.63. The van der Waals surface area contributed by atoms with Crippen LogP contribution in [0.15, 0.2) is 70.1 Å². The summed E-state index contributed by atoms with van der Waals surface area (Å²) in [5.41, 5.74) is 2.54. The Morgan fingerprint density at radius 2 is 1.70 bits per heavy atom. The summed E-state index contributed by atoms with van der Waals surface area (Å²) in [6, 6.07) is 17.0. The van der Waals surface area contributed by atoms with Crippen molar-refractivity contribution in [2.75, 3.05) is 0 Å². The monoisotopic (exact) mass is 322 g/mol. The molecule has 0 atom stereocenters. The third kappa shape index (κ3) is 2.33. The average molecular weight is 323 g/mol. The molecule has 2 heterocycles. The largest absolute Gasteiger partial charge is 0.437 e. The minimum absolute atomic E-state index is 0.231. The van der Waals surface area contributed by atoms with Crippen molar-refractivity contribution in [2.45, 2.75) is 0 Å². The first kappa shape index (κ1) is 13.8. The minimum Gasteiger partial charge on any atom is -0.437 e. The van der Waals surface area contributed by atoms with E-state index in [1.54, 1.807) is 12.1 Å². The van der Waals surface area contributed by atoms with Gasteiger partial charge in [-0.05, 0) is 17.7 Å². The van der Waals surface area contributed by atoms with Gasteiger partial charge in [0, 0.05) is 16.1 Å². The van der Waals surface area contributed by atoms with Crippen molar-refractivity contribution in [3.05, 3.63) is 76.3 Å². The van der Waals surface area contributed by atoms with Crippen molar-refractivity contribution in [2.24, 2.45) is 0 Å². The van der Waals surface area contributed by atoms with E-state index in [1.807, 2.05) is 42.5 Å². The molecule has 2 aromatic heterocycles. The molecule has 1 N–H and O–H groups in total. The van der Waals surface area contributed by atoms with Crippen molar-refractivity contribution < 1.29 is 4.42 Å². The third-order valence-electron chi connectivity index (χ3n) is 3.66. The molecule has 0 aliphatic heterocycles. The van der Waals surface area contributed by atoms with Gasteiger partial charge in [-0.15, -0.1) is 0 Å². The zero-order valence-corrected chi connectivity index (χ0v) is 12.7. The number of fused-ring (bicyclic) bond motifs is 1. The van der Waals surface area contributed by atoms with Gasteiger partial charge in [0.15, 0.2) is 0 Å². The molecule has 4 nitrogen and oxygen atoms in total. The SMILES string of the molecule is O=c1[nH]cnc2oc(-c3ccccc3)c(-c3ccc(Cl)cc3)c12. The van der Waals surface area contributed by atoms with Crippen LogP contribution >= 0.6 is 11.6 Å². The molecule has 0 radical (unpaired) electrons. The molecule has 0 aliphatic rings. The smallest absolute Gasteiger partial charge is 0.262 e. The molecule has 0 saturated heterocycles. The summed E-state index contributed by atoms with van der Waals surface area (Å²) < 4.78 is 5.89. The van der Waals surface area contributed by atoms with Crippen LogP contribution in [0.2, 0.25) is 5.02 Å². The lowest BCUT2D eigenvalue weighted by molar-refractivity contribution is 0.618. The second-order valence-electron chi connectivity index (χ2n) is 5.09. The van der Waals surface area contributed by atoms with Crippen LogP contribution in [0.4, 0.5) is 0 Å². The molecule has 112 valence electrons. The summed E-state index contributed by atoms with van der Waals surface area (Å²) in [6.07, 6.45) is 1.34. The summed E-state index contributed by atoms with van der Waals surface area (Å²) in [4.78, 5) is 19.1. The van der Waals surface area contributed by atoms with Crippen LogP contribution in [-0.2, 0) is 0 Å². The number of furan rings is 1. The normalized spacial score (nSPS) is 11.0. The van der Waals surface area contributed by atoms with Gasteiger partial charge in [-0.2, -0.15) is 0 Å². The molecular formula is C18H11ClN2O2. The topological polar surface area (TPSA) is 58.9 Å². The second kappa shape index (κ2) is 5.41. The Hall–Kier alpha value is -2.85. The molecule has 0 aliphatic carbocycles. The molecule has 23 heavy (non-hydrogen) atoms. The molecule has 4 aromatic rings. The number of hydrogen-bond acceptors (Lipinski definition) is 3. The highest BCUT2D eigenvalue weighted by atomic mass is 35.5. The maximum Gasteiger partial charge on any atom is 0.262 e. The van der Waals surface area contributed by atoms with Crippen LogP contribution in [-0.4, -0.2) is 9.97 Å². The van der Waals surface area contributed by atoms with E-state index >= 15 is 0 Å². The first-order valence-corrected chi connectivity index (χ1v) is 7.43. The number of rotatable bonds is 2. The zero-order chi connectivity index (χ0) is 15.8. The van der Waals surface area contributed by atoms with Crippen LogP contribution in [0, 0.1) is 0 Å². The summed E-state index contributed by atoms with van der Waals surface area (Å²) in [6.45, 7) is 0. The first-order chi connectivity index (χ1) is 11.2. The number of hydrogen-bond donors (Lipinski definition) is 1. The number of H-pyrrole nitrogens is 1. The molecule has 0 saturated carbocycles. The predicted molar refractivity (Wildman–Crippen MR) is 90.5 cm³/mol. The Balaban J connectivity index is 2.11. The number of nitrogens with zero attached hydrogens (tertiary/aromatic N) is 1. The fraction of sp³-hybridized carbons (Fsp3) is 0. The molecule has 4 rings (SSSR count). The van der Waals surface area contributed by atoms with E-state index in [9.17, 15) is 4.79 Å². The Bertz CT molecular complexity index is 1030. The molecular weight excluding hydrogens is 312 g/mol. The molecule has 0 unspecified atom stereocenters. The number of aromatic amines is 1. The molecule has 2 aromatic carbocycles. The Morgan fingerprint density at radius 1 is 0.957 bits per heavy atom. The minimum atomic E-state index is -0.231. The fourth-order valence-corrected chi connectivity index (χ4v) is 2.75. The van der Waals surface area contributed by atoms with Gasteiger partial charge in [-0.3, -0.25) is 4.79 Å². The lowest BCUT2D eigenvalue weighted by Gasteiger charge is -2.03. The number of halogens is 1. The quantitative estimate of drug-likeness (QED) is 0.591. The van der Waals surface area contributed by atoms with Gasteiger partial charge in [0.25, 0.3) is 5.56 Å². The molecule has 0 amide bonds. The zero-order valence-electron chi connectivity index (χ0n) is 11.9. The predicted octanol–water partition coefficient (Wildman–Crippen LogP) is 4.50. The average Bonchev–Trinajstić information content (AvgIpc) is 2.97. The maximum atomic E-state index is 12.3. The van der Waals surface area contributed by atoms with E-state index in [1.165, 1.54) is 6.33 Å². The third-order valence-corrected chi connectivity index (χ3v) is 3.92. The second-order valence-corrected chi connectivity index (χ2v) is 5.53. The lowest BCUT2D eigenvalue weighted by atomic mass is 10.00. The molecule has 0 spiro atoms. The Labute approximate surface area is 136 Å². The highest BCUT2D eigenvalue weighted by Crippen LogP contribution is 2.38. The summed E-state index contributed by atoms with van der Waals surface area (Å²) >= 11 is 5.98. The summed E-state index contributed by atoms with van der Waals surface area (Å²) in [5, 5.41) is 1.07. The molecule has 0 fully saturated rings. The van der Waals surface area contributed by atoms with Crippen LogP contribution in [0.5, 0.6) is 0 Å². The van der Waals surface area contributed by atoms with E-state index in [0.29, 0.717) is 21.9 Å². The van der Waals surface area contributed by atoms with Crippen molar-refractivity contribution >= 4 is 22.7 Å². The van der Waals surface area contributed by atoms with E-state index in [2.05, 4.69) is 9.97 Å². The molecule has 5 heteroatoms. The maximum absolute atomic E-state index is 12.3. The first-order valence-electron chi connectivity index (χ1n) is 7.05. The van der Waals surface area contributed by atoms with E-state index in [0.717, 1.165) is 16.7 Å². The van der Waals surface area contributed by atoms with Gasteiger partial charge in [-0.25, -0.2) is 4.98 Å². The van der Waals surface area contributed by atoms with Crippen molar-refractivity contribution in [3.63, 3.8) is 0 Å².